The topological polar surface area (TPSA) is 73.2 Å². The van der Waals surface area contributed by atoms with Crippen molar-refractivity contribution in [3.05, 3.63) is 51.5 Å². The van der Waals surface area contributed by atoms with Crippen LogP contribution >= 0.6 is 11.6 Å². The first-order chi connectivity index (χ1) is 11.3. The molecule has 0 bridgehead atoms. The van der Waals surface area contributed by atoms with Gasteiger partial charge in [-0.1, -0.05) is 25.4 Å². The van der Waals surface area contributed by atoms with Gasteiger partial charge in [-0.2, -0.15) is 5.06 Å². The second-order valence-electron chi connectivity index (χ2n) is 6.34. The Bertz CT molecular complexity index is 745. The maximum Gasteiger partial charge on any atom is 0.134 e. The fourth-order valence-corrected chi connectivity index (χ4v) is 3.03. The summed E-state index contributed by atoms with van der Waals surface area (Å²) in [6.45, 7) is 5.24. The Morgan fingerprint density at radius 1 is 1.00 bits per heavy atom. The smallest absolute Gasteiger partial charge is 0.134 e. The first kappa shape index (κ1) is 16.9. The highest BCUT2D eigenvalue weighted by Crippen LogP contribution is 2.35. The number of hydrogen-bond donors (Lipinski definition) is 3. The maximum absolute atomic E-state index is 10.0. The molecular formula is C18H20ClNO4. The highest BCUT2D eigenvalue weighted by molar-refractivity contribution is 6.32. The quantitative estimate of drug-likeness (QED) is 0.777. The summed E-state index contributed by atoms with van der Waals surface area (Å²) in [7, 11) is 0. The van der Waals surface area contributed by atoms with Crippen LogP contribution < -0.4 is 0 Å². The fourth-order valence-electron chi connectivity index (χ4n) is 2.85. The van der Waals surface area contributed by atoms with Crippen LogP contribution in [0.1, 0.15) is 42.0 Å². The zero-order valence-electron chi connectivity index (χ0n) is 13.6. The van der Waals surface area contributed by atoms with Crippen LogP contribution in [0.25, 0.3) is 0 Å². The zero-order chi connectivity index (χ0) is 17.4. The standard InChI is InChI=1S/C18H20ClNO4/c1-10(2)14-3-13(16(21)6-17(14)22)9-24-20-7-11-4-15(19)18(23)5-12(11)8-20/h3-6,10,21-23H,7-9H2,1-2H3. The molecule has 2 aromatic carbocycles. The molecule has 0 spiro atoms. The SMILES string of the molecule is CC(C)c1cc(CON2Cc3cc(O)c(Cl)cc3C2)c(O)cc1O. The van der Waals surface area contributed by atoms with Crippen LogP contribution in [0.2, 0.25) is 5.02 Å². The van der Waals surface area contributed by atoms with E-state index in [9.17, 15) is 15.3 Å². The molecule has 0 saturated heterocycles. The van der Waals surface area contributed by atoms with E-state index in [1.54, 1.807) is 23.3 Å². The number of fused-ring (bicyclic) bond motifs is 1. The molecular weight excluding hydrogens is 330 g/mol. The molecule has 5 nitrogen and oxygen atoms in total. The number of phenols is 3. The van der Waals surface area contributed by atoms with E-state index in [0.717, 1.165) is 16.7 Å². The molecule has 0 amide bonds. The molecule has 2 aromatic rings. The Morgan fingerprint density at radius 2 is 1.67 bits per heavy atom. The number of aromatic hydroxyl groups is 3. The molecule has 0 saturated carbocycles. The normalized spacial score (nSPS) is 14.3. The number of hydrogen-bond acceptors (Lipinski definition) is 5. The summed E-state index contributed by atoms with van der Waals surface area (Å²) in [4.78, 5) is 5.77. The molecule has 0 radical (unpaired) electrons. The number of rotatable bonds is 4. The van der Waals surface area contributed by atoms with E-state index in [0.29, 0.717) is 23.7 Å². The Morgan fingerprint density at radius 3 is 2.33 bits per heavy atom. The van der Waals surface area contributed by atoms with Crippen LogP contribution in [0.5, 0.6) is 17.2 Å². The summed E-state index contributed by atoms with van der Waals surface area (Å²) in [6, 6.07) is 6.51. The van der Waals surface area contributed by atoms with Gasteiger partial charge in [0, 0.05) is 24.7 Å². The van der Waals surface area contributed by atoms with Crippen LogP contribution in [0.4, 0.5) is 0 Å². The fraction of sp³-hybridized carbons (Fsp3) is 0.333. The lowest BCUT2D eigenvalue weighted by Crippen LogP contribution is -2.16. The minimum absolute atomic E-state index is 0.00861. The van der Waals surface area contributed by atoms with Crippen molar-refractivity contribution in [3.8, 4) is 17.2 Å². The summed E-state index contributed by atoms with van der Waals surface area (Å²) in [5.74, 6) is 0.305. The van der Waals surface area contributed by atoms with Crippen LogP contribution in [0.3, 0.4) is 0 Å². The second kappa shape index (κ2) is 6.51. The van der Waals surface area contributed by atoms with Crippen molar-refractivity contribution < 1.29 is 20.2 Å². The van der Waals surface area contributed by atoms with Crippen molar-refractivity contribution in [3.63, 3.8) is 0 Å². The average molecular weight is 350 g/mol. The van der Waals surface area contributed by atoms with Gasteiger partial charge in [0.15, 0.2) is 0 Å². The number of benzene rings is 2. The van der Waals surface area contributed by atoms with Crippen molar-refractivity contribution in [1.82, 2.24) is 5.06 Å². The van der Waals surface area contributed by atoms with Crippen molar-refractivity contribution in [2.75, 3.05) is 0 Å². The van der Waals surface area contributed by atoms with Crippen LogP contribution in [-0.4, -0.2) is 20.4 Å². The van der Waals surface area contributed by atoms with Crippen molar-refractivity contribution in [2.45, 2.75) is 39.5 Å². The highest BCUT2D eigenvalue weighted by Gasteiger charge is 2.22. The Kier molecular flexibility index (Phi) is 4.58. The maximum atomic E-state index is 10.0. The van der Waals surface area contributed by atoms with E-state index in [4.69, 9.17) is 16.4 Å². The van der Waals surface area contributed by atoms with Gasteiger partial charge in [-0.25, -0.2) is 0 Å². The third kappa shape index (κ3) is 3.29. The minimum atomic E-state index is 0.00861. The first-order valence-corrected chi connectivity index (χ1v) is 8.15. The monoisotopic (exact) mass is 349 g/mol. The van der Waals surface area contributed by atoms with E-state index in [1.165, 1.54) is 6.07 Å². The number of hydroxylamine groups is 2. The molecule has 24 heavy (non-hydrogen) atoms. The van der Waals surface area contributed by atoms with Crippen LogP contribution in [-0.2, 0) is 24.5 Å². The van der Waals surface area contributed by atoms with Crippen molar-refractivity contribution in [2.24, 2.45) is 0 Å². The van der Waals surface area contributed by atoms with Gasteiger partial charge in [-0.3, -0.25) is 4.84 Å². The van der Waals surface area contributed by atoms with Gasteiger partial charge in [-0.15, -0.1) is 0 Å². The lowest BCUT2D eigenvalue weighted by Gasteiger charge is -2.17. The van der Waals surface area contributed by atoms with Crippen molar-refractivity contribution >= 4 is 11.6 Å². The van der Waals surface area contributed by atoms with Gasteiger partial charge in [0.1, 0.15) is 17.2 Å². The lowest BCUT2D eigenvalue weighted by molar-refractivity contribution is -0.176. The summed E-state index contributed by atoms with van der Waals surface area (Å²) in [6.07, 6.45) is 0. The van der Waals surface area contributed by atoms with Gasteiger partial charge in [0.05, 0.1) is 11.6 Å². The molecule has 0 unspecified atom stereocenters. The van der Waals surface area contributed by atoms with E-state index in [-0.39, 0.29) is 29.8 Å². The molecule has 1 aliphatic rings. The molecule has 3 rings (SSSR count). The largest absolute Gasteiger partial charge is 0.508 e. The Hall–Kier alpha value is -1.95. The molecule has 1 aliphatic heterocycles. The zero-order valence-corrected chi connectivity index (χ0v) is 14.3. The molecule has 0 fully saturated rings. The molecule has 0 aliphatic carbocycles. The third-order valence-corrected chi connectivity index (χ3v) is 4.52. The summed E-state index contributed by atoms with van der Waals surface area (Å²) in [5, 5.41) is 31.7. The average Bonchev–Trinajstić information content (AvgIpc) is 2.88. The number of halogens is 1. The molecule has 128 valence electrons. The van der Waals surface area contributed by atoms with Gasteiger partial charge in [-0.05, 0) is 40.8 Å². The van der Waals surface area contributed by atoms with E-state index in [2.05, 4.69) is 0 Å². The third-order valence-electron chi connectivity index (χ3n) is 4.22. The van der Waals surface area contributed by atoms with Gasteiger partial charge in [0.25, 0.3) is 0 Å². The van der Waals surface area contributed by atoms with Gasteiger partial charge < -0.3 is 15.3 Å². The summed E-state index contributed by atoms with van der Waals surface area (Å²) in [5.41, 5.74) is 3.37. The molecule has 0 atom stereocenters. The number of phenolic OH excluding ortho intramolecular Hbond substituents is 3. The highest BCUT2D eigenvalue weighted by atomic mass is 35.5. The number of nitrogens with zero attached hydrogens (tertiary/aromatic N) is 1. The predicted octanol–water partition coefficient (Wildman–Crippen LogP) is 4.03. The van der Waals surface area contributed by atoms with E-state index >= 15 is 0 Å². The Balaban J connectivity index is 1.70. The van der Waals surface area contributed by atoms with Crippen LogP contribution in [0.15, 0.2) is 24.3 Å². The van der Waals surface area contributed by atoms with E-state index < -0.39 is 0 Å². The molecule has 0 aromatic heterocycles. The molecule has 6 heteroatoms. The first-order valence-electron chi connectivity index (χ1n) is 7.78. The molecule has 1 heterocycles. The second-order valence-corrected chi connectivity index (χ2v) is 6.75. The molecule has 3 N–H and O–H groups in total. The van der Waals surface area contributed by atoms with Gasteiger partial charge >= 0.3 is 0 Å². The van der Waals surface area contributed by atoms with E-state index in [1.807, 2.05) is 13.8 Å². The lowest BCUT2D eigenvalue weighted by atomic mass is 9.99. The summed E-state index contributed by atoms with van der Waals surface area (Å²) < 4.78 is 0. The van der Waals surface area contributed by atoms with Crippen LogP contribution in [0, 0.1) is 0 Å². The summed E-state index contributed by atoms with van der Waals surface area (Å²) >= 11 is 5.93. The Labute approximate surface area is 145 Å². The minimum Gasteiger partial charge on any atom is -0.508 e. The van der Waals surface area contributed by atoms with Gasteiger partial charge in [0.2, 0.25) is 0 Å². The predicted molar refractivity (Wildman–Crippen MR) is 91.0 cm³/mol. The van der Waals surface area contributed by atoms with Crippen molar-refractivity contribution in [1.29, 1.82) is 0 Å².